The van der Waals surface area contributed by atoms with Crippen LogP contribution in [0.15, 0.2) is 23.1 Å². The number of hydrogen-bond donors (Lipinski definition) is 0. The molecule has 83 valence electrons. The summed E-state index contributed by atoms with van der Waals surface area (Å²) in [6.07, 6.45) is 3.32. The van der Waals surface area contributed by atoms with Gasteiger partial charge in [0.05, 0.1) is 0 Å². The quantitative estimate of drug-likeness (QED) is 0.671. The van der Waals surface area contributed by atoms with Gasteiger partial charge >= 0.3 is 0 Å². The number of hydrogen-bond acceptors (Lipinski definition) is 1. The molecule has 0 spiro atoms. The van der Waals surface area contributed by atoms with Gasteiger partial charge in [0.25, 0.3) is 0 Å². The highest BCUT2D eigenvalue weighted by Crippen LogP contribution is 2.24. The summed E-state index contributed by atoms with van der Waals surface area (Å²) in [7, 11) is 0. The largest absolute Gasteiger partial charge is 0.130 e. The Labute approximate surface area is 98.5 Å². The number of benzene rings is 1. The summed E-state index contributed by atoms with van der Waals surface area (Å²) in [4.78, 5) is 1.38. The van der Waals surface area contributed by atoms with Crippen molar-refractivity contribution >= 4 is 11.8 Å². The predicted molar refractivity (Wildman–Crippen MR) is 70.5 cm³/mol. The van der Waals surface area contributed by atoms with Crippen molar-refractivity contribution in [1.82, 2.24) is 0 Å². The van der Waals surface area contributed by atoms with Crippen LogP contribution in [0.5, 0.6) is 0 Å². The lowest BCUT2D eigenvalue weighted by Crippen LogP contribution is -1.97. The second kappa shape index (κ2) is 5.60. The molecule has 0 aliphatic rings. The molecule has 0 nitrogen and oxygen atoms in total. The third kappa shape index (κ3) is 3.90. The zero-order chi connectivity index (χ0) is 11.4. The normalized spacial score (nSPS) is 11.4. The molecule has 1 heteroatoms. The molecular weight excluding hydrogens is 200 g/mol. The first-order chi connectivity index (χ1) is 7.02. The van der Waals surface area contributed by atoms with E-state index in [-0.39, 0.29) is 0 Å². The molecule has 0 fully saturated rings. The Morgan fingerprint density at radius 3 is 2.33 bits per heavy atom. The second-order valence-corrected chi connectivity index (χ2v) is 5.55. The fraction of sp³-hybridized carbons (Fsp3) is 0.500. The van der Waals surface area contributed by atoms with Crippen LogP contribution >= 0.6 is 11.8 Å². The minimum Gasteiger partial charge on any atom is -0.130 e. The zero-order valence-corrected chi connectivity index (χ0v) is 11.2. The van der Waals surface area contributed by atoms with Crippen molar-refractivity contribution < 1.29 is 0 Å². The first kappa shape index (κ1) is 12.6. The van der Waals surface area contributed by atoms with Crippen LogP contribution in [-0.2, 0) is 6.42 Å². The smallest absolute Gasteiger partial charge is 0.00748 e. The Hall–Kier alpha value is -0.430. The lowest BCUT2D eigenvalue weighted by Gasteiger charge is -2.12. The molecule has 1 radical (unpaired) electrons. The minimum absolute atomic E-state index is 0.729. The molecule has 0 heterocycles. The van der Waals surface area contributed by atoms with Crippen LogP contribution in [0.4, 0.5) is 0 Å². The fourth-order valence-electron chi connectivity index (χ4n) is 1.66. The van der Waals surface area contributed by atoms with Gasteiger partial charge in [-0.3, -0.25) is 0 Å². The number of rotatable bonds is 4. The molecule has 0 aliphatic carbocycles. The molecule has 0 unspecified atom stereocenters. The fourth-order valence-corrected chi connectivity index (χ4v) is 2.17. The highest BCUT2D eigenvalue weighted by Gasteiger charge is 2.05. The van der Waals surface area contributed by atoms with Gasteiger partial charge in [-0.15, -0.1) is 11.8 Å². The molecule has 0 atom stereocenters. The van der Waals surface area contributed by atoms with Gasteiger partial charge in [-0.2, -0.15) is 0 Å². The molecule has 0 aliphatic heterocycles. The van der Waals surface area contributed by atoms with Gasteiger partial charge in [-0.1, -0.05) is 33.8 Å². The molecular formula is C14H21S. The van der Waals surface area contributed by atoms with Gasteiger partial charge in [0.2, 0.25) is 0 Å². The maximum absolute atomic E-state index is 2.33. The Morgan fingerprint density at radius 1 is 1.20 bits per heavy atom. The lowest BCUT2D eigenvalue weighted by molar-refractivity contribution is 0.646. The summed E-state index contributed by atoms with van der Waals surface area (Å²) >= 11 is 1.83. The number of thioether (sulfide) groups is 1. The van der Waals surface area contributed by atoms with Crippen LogP contribution in [-0.4, -0.2) is 6.26 Å². The summed E-state index contributed by atoms with van der Waals surface area (Å²) in [5, 5.41) is 0. The molecule has 0 amide bonds. The Balaban J connectivity index is 3.00. The molecule has 15 heavy (non-hydrogen) atoms. The summed E-state index contributed by atoms with van der Waals surface area (Å²) in [6.45, 7) is 8.90. The summed E-state index contributed by atoms with van der Waals surface area (Å²) < 4.78 is 0. The Morgan fingerprint density at radius 2 is 1.87 bits per heavy atom. The van der Waals surface area contributed by atoms with E-state index in [1.165, 1.54) is 28.4 Å². The van der Waals surface area contributed by atoms with E-state index in [0.717, 1.165) is 5.92 Å². The van der Waals surface area contributed by atoms with Crippen molar-refractivity contribution in [3.63, 3.8) is 0 Å². The summed E-state index contributed by atoms with van der Waals surface area (Å²) in [5.41, 5.74) is 2.85. The van der Waals surface area contributed by atoms with Gasteiger partial charge in [-0.05, 0) is 47.8 Å². The first-order valence-corrected chi connectivity index (χ1v) is 6.74. The average molecular weight is 221 g/mol. The van der Waals surface area contributed by atoms with E-state index in [1.807, 2.05) is 11.8 Å². The monoisotopic (exact) mass is 221 g/mol. The van der Waals surface area contributed by atoms with Crippen LogP contribution in [0, 0.1) is 11.8 Å². The van der Waals surface area contributed by atoms with E-state index in [1.54, 1.807) is 0 Å². The summed E-state index contributed by atoms with van der Waals surface area (Å²) in [5.74, 6) is 2.13. The second-order valence-electron chi connectivity index (χ2n) is 4.67. The molecule has 0 saturated heterocycles. The van der Waals surface area contributed by atoms with Gasteiger partial charge in [-0.25, -0.2) is 0 Å². The van der Waals surface area contributed by atoms with Crippen molar-refractivity contribution in [1.29, 1.82) is 0 Å². The molecule has 1 aromatic rings. The standard InChI is InChI=1S/C14H21S/c1-10(2)6-12-7-13(11(3)4)9-14(8-12)15-5/h7-10H,6H2,1-5H3. The molecule has 0 N–H and O–H groups in total. The van der Waals surface area contributed by atoms with E-state index in [9.17, 15) is 0 Å². The van der Waals surface area contributed by atoms with Gasteiger partial charge in [0.15, 0.2) is 0 Å². The maximum Gasteiger partial charge on any atom is 0.00748 e. The lowest BCUT2D eigenvalue weighted by atomic mass is 9.96. The van der Waals surface area contributed by atoms with Gasteiger partial charge < -0.3 is 0 Å². The SMILES string of the molecule is CSc1cc(CC(C)C)cc([C](C)C)c1. The molecule has 0 saturated carbocycles. The van der Waals surface area contributed by atoms with Crippen LogP contribution in [0.3, 0.4) is 0 Å². The third-order valence-corrected chi connectivity index (χ3v) is 3.13. The van der Waals surface area contributed by atoms with E-state index < -0.39 is 0 Å². The van der Waals surface area contributed by atoms with Crippen molar-refractivity contribution in [3.05, 3.63) is 35.2 Å². The van der Waals surface area contributed by atoms with E-state index >= 15 is 0 Å². The summed E-state index contributed by atoms with van der Waals surface area (Å²) in [6, 6.07) is 6.93. The molecule has 1 aromatic carbocycles. The van der Waals surface area contributed by atoms with E-state index in [2.05, 4.69) is 52.1 Å². The molecule has 0 aromatic heterocycles. The van der Waals surface area contributed by atoms with Crippen LogP contribution < -0.4 is 0 Å². The molecule has 0 bridgehead atoms. The zero-order valence-electron chi connectivity index (χ0n) is 10.4. The molecule has 1 rings (SSSR count). The Kier molecular flexibility index (Phi) is 4.72. The van der Waals surface area contributed by atoms with Gasteiger partial charge in [0.1, 0.15) is 0 Å². The topological polar surface area (TPSA) is 0 Å². The van der Waals surface area contributed by atoms with Crippen LogP contribution in [0.2, 0.25) is 0 Å². The van der Waals surface area contributed by atoms with E-state index in [0.29, 0.717) is 0 Å². The van der Waals surface area contributed by atoms with Crippen LogP contribution in [0.1, 0.15) is 38.8 Å². The predicted octanol–water partition coefficient (Wildman–Crippen LogP) is 4.57. The first-order valence-electron chi connectivity index (χ1n) is 5.51. The van der Waals surface area contributed by atoms with Crippen LogP contribution in [0.25, 0.3) is 0 Å². The third-order valence-electron chi connectivity index (χ3n) is 2.42. The van der Waals surface area contributed by atoms with Crippen molar-refractivity contribution in [3.8, 4) is 0 Å². The van der Waals surface area contributed by atoms with Crippen molar-refractivity contribution in [2.24, 2.45) is 5.92 Å². The van der Waals surface area contributed by atoms with E-state index in [4.69, 9.17) is 0 Å². The van der Waals surface area contributed by atoms with Crippen molar-refractivity contribution in [2.75, 3.05) is 6.26 Å². The minimum atomic E-state index is 0.729. The Bertz CT molecular complexity index is 313. The van der Waals surface area contributed by atoms with Gasteiger partial charge in [0, 0.05) is 4.90 Å². The average Bonchev–Trinajstić information content (AvgIpc) is 2.16. The highest BCUT2D eigenvalue weighted by molar-refractivity contribution is 7.98. The maximum atomic E-state index is 2.33. The highest BCUT2D eigenvalue weighted by atomic mass is 32.2. The van der Waals surface area contributed by atoms with Crippen molar-refractivity contribution in [2.45, 2.75) is 39.0 Å².